The first-order valence-corrected chi connectivity index (χ1v) is 5.00. The van der Waals surface area contributed by atoms with Gasteiger partial charge in [0.1, 0.15) is 0 Å². The van der Waals surface area contributed by atoms with Gasteiger partial charge in [-0.05, 0) is 12.1 Å². The highest BCUT2D eigenvalue weighted by molar-refractivity contribution is 6.00. The Hall–Kier alpha value is -2.12. The van der Waals surface area contributed by atoms with Crippen molar-refractivity contribution in [3.05, 3.63) is 29.6 Å². The van der Waals surface area contributed by atoms with Gasteiger partial charge in [-0.1, -0.05) is 0 Å². The van der Waals surface area contributed by atoms with E-state index in [0.29, 0.717) is 6.20 Å². The van der Waals surface area contributed by atoms with E-state index in [4.69, 9.17) is 0 Å². The molecular formula is C11H10F3NO4. The Bertz CT molecular complexity index is 454. The van der Waals surface area contributed by atoms with Crippen molar-refractivity contribution in [3.8, 4) is 0 Å². The van der Waals surface area contributed by atoms with Crippen molar-refractivity contribution in [2.75, 3.05) is 14.2 Å². The smallest absolute Gasteiger partial charge is 0.417 e. The Balaban J connectivity index is 3.11. The molecule has 0 bridgehead atoms. The number of carbonyl (C=O) groups is 2. The second kappa shape index (κ2) is 5.68. The van der Waals surface area contributed by atoms with Gasteiger partial charge in [-0.3, -0.25) is 14.6 Å². The number of rotatable bonds is 3. The molecule has 1 heterocycles. The van der Waals surface area contributed by atoms with Gasteiger partial charge in [0.15, 0.2) is 5.92 Å². The lowest BCUT2D eigenvalue weighted by molar-refractivity contribution is -0.154. The number of hydrogen-bond acceptors (Lipinski definition) is 5. The molecule has 0 saturated heterocycles. The van der Waals surface area contributed by atoms with E-state index in [2.05, 4.69) is 14.5 Å². The van der Waals surface area contributed by atoms with Gasteiger partial charge in [0.05, 0.1) is 25.5 Å². The number of ether oxygens (including phenoxy) is 2. The van der Waals surface area contributed by atoms with E-state index in [1.807, 2.05) is 0 Å². The standard InChI is InChI=1S/C11H10F3NO4/c1-18-9(16)8(10(17)19-2)7-4-3-6(5-15-7)11(12,13)14/h3-5,8H,1-2H3. The summed E-state index contributed by atoms with van der Waals surface area (Å²) < 4.78 is 45.8. The van der Waals surface area contributed by atoms with Gasteiger partial charge >= 0.3 is 18.1 Å². The molecule has 0 saturated carbocycles. The Morgan fingerprint density at radius 1 is 1.16 bits per heavy atom. The quantitative estimate of drug-likeness (QED) is 0.619. The first kappa shape index (κ1) is 14.9. The number of hydrogen-bond donors (Lipinski definition) is 0. The maximum absolute atomic E-state index is 12.3. The summed E-state index contributed by atoms with van der Waals surface area (Å²) in [6, 6.07) is 1.66. The van der Waals surface area contributed by atoms with Crippen LogP contribution < -0.4 is 0 Å². The van der Waals surface area contributed by atoms with E-state index in [-0.39, 0.29) is 5.69 Å². The zero-order valence-electron chi connectivity index (χ0n) is 10.0. The fourth-order valence-corrected chi connectivity index (χ4v) is 1.32. The third-order valence-corrected chi connectivity index (χ3v) is 2.28. The number of carbonyl (C=O) groups excluding carboxylic acids is 2. The average molecular weight is 277 g/mol. The minimum atomic E-state index is -4.54. The molecular weight excluding hydrogens is 267 g/mol. The summed E-state index contributed by atoms with van der Waals surface area (Å²) in [6.07, 6.45) is -4.01. The molecule has 0 spiro atoms. The molecule has 0 unspecified atom stereocenters. The zero-order valence-corrected chi connectivity index (χ0v) is 10.0. The Morgan fingerprint density at radius 3 is 2.00 bits per heavy atom. The normalized spacial score (nSPS) is 11.3. The highest BCUT2D eigenvalue weighted by Gasteiger charge is 2.34. The summed E-state index contributed by atoms with van der Waals surface area (Å²) in [4.78, 5) is 26.3. The summed E-state index contributed by atoms with van der Waals surface area (Å²) >= 11 is 0. The summed E-state index contributed by atoms with van der Waals surface area (Å²) in [6.45, 7) is 0. The van der Waals surface area contributed by atoms with Gasteiger partial charge in [-0.25, -0.2) is 0 Å². The van der Waals surface area contributed by atoms with Crippen LogP contribution in [0.3, 0.4) is 0 Å². The topological polar surface area (TPSA) is 65.5 Å². The van der Waals surface area contributed by atoms with Crippen molar-refractivity contribution in [1.29, 1.82) is 0 Å². The van der Waals surface area contributed by atoms with Crippen LogP contribution in [-0.4, -0.2) is 31.1 Å². The van der Waals surface area contributed by atoms with Crippen LogP contribution in [0.4, 0.5) is 13.2 Å². The predicted octanol–water partition coefficient (Wildman–Crippen LogP) is 1.53. The Morgan fingerprint density at radius 2 is 1.68 bits per heavy atom. The van der Waals surface area contributed by atoms with Crippen LogP contribution in [0.2, 0.25) is 0 Å². The first-order chi connectivity index (χ1) is 8.81. The molecule has 5 nitrogen and oxygen atoms in total. The lowest BCUT2D eigenvalue weighted by Crippen LogP contribution is -2.25. The molecule has 0 N–H and O–H groups in total. The van der Waals surface area contributed by atoms with Crippen LogP contribution in [0.1, 0.15) is 17.2 Å². The van der Waals surface area contributed by atoms with E-state index in [1.54, 1.807) is 0 Å². The summed E-state index contributed by atoms with van der Waals surface area (Å²) in [5.74, 6) is -3.42. The lowest BCUT2D eigenvalue weighted by Gasteiger charge is -2.12. The number of alkyl halides is 3. The van der Waals surface area contributed by atoms with Crippen LogP contribution in [0.5, 0.6) is 0 Å². The molecule has 0 atom stereocenters. The second-order valence-electron chi connectivity index (χ2n) is 3.45. The fraction of sp³-hybridized carbons (Fsp3) is 0.364. The summed E-state index contributed by atoms with van der Waals surface area (Å²) in [5, 5.41) is 0. The van der Waals surface area contributed by atoms with E-state index >= 15 is 0 Å². The maximum Gasteiger partial charge on any atom is 0.417 e. The lowest BCUT2D eigenvalue weighted by atomic mass is 10.0. The SMILES string of the molecule is COC(=O)C(C(=O)OC)c1ccc(C(F)(F)F)cn1. The zero-order chi connectivity index (χ0) is 14.6. The third kappa shape index (κ3) is 3.43. The molecule has 0 fully saturated rings. The van der Waals surface area contributed by atoms with Crippen molar-refractivity contribution < 1.29 is 32.2 Å². The minimum Gasteiger partial charge on any atom is -0.468 e. The van der Waals surface area contributed by atoms with Crippen molar-refractivity contribution in [2.24, 2.45) is 0 Å². The number of pyridine rings is 1. The van der Waals surface area contributed by atoms with Crippen LogP contribution in [0.25, 0.3) is 0 Å². The van der Waals surface area contributed by atoms with E-state index < -0.39 is 29.6 Å². The van der Waals surface area contributed by atoms with Crippen molar-refractivity contribution in [2.45, 2.75) is 12.1 Å². The molecule has 8 heteroatoms. The number of esters is 2. The van der Waals surface area contributed by atoms with Crippen molar-refractivity contribution in [3.63, 3.8) is 0 Å². The van der Waals surface area contributed by atoms with Gasteiger partial charge in [0.2, 0.25) is 0 Å². The molecule has 0 aliphatic rings. The molecule has 0 radical (unpaired) electrons. The number of nitrogens with zero attached hydrogens (tertiary/aromatic N) is 1. The molecule has 1 aromatic heterocycles. The van der Waals surface area contributed by atoms with Crippen molar-refractivity contribution in [1.82, 2.24) is 4.98 Å². The van der Waals surface area contributed by atoms with Gasteiger partial charge in [-0.2, -0.15) is 13.2 Å². The molecule has 0 amide bonds. The van der Waals surface area contributed by atoms with E-state index in [0.717, 1.165) is 26.4 Å². The van der Waals surface area contributed by atoms with Gasteiger partial charge < -0.3 is 9.47 Å². The average Bonchev–Trinajstić information content (AvgIpc) is 2.38. The molecule has 1 aromatic rings. The molecule has 0 aliphatic heterocycles. The molecule has 0 aliphatic carbocycles. The predicted molar refractivity (Wildman–Crippen MR) is 56.0 cm³/mol. The highest BCUT2D eigenvalue weighted by Crippen LogP contribution is 2.29. The van der Waals surface area contributed by atoms with E-state index in [1.165, 1.54) is 0 Å². The van der Waals surface area contributed by atoms with Crippen LogP contribution in [0.15, 0.2) is 18.3 Å². The van der Waals surface area contributed by atoms with Crippen LogP contribution in [-0.2, 0) is 25.2 Å². The maximum atomic E-state index is 12.3. The number of halogens is 3. The molecule has 0 aromatic carbocycles. The molecule has 104 valence electrons. The Kier molecular flexibility index (Phi) is 4.47. The van der Waals surface area contributed by atoms with E-state index in [9.17, 15) is 22.8 Å². The number of aromatic nitrogens is 1. The third-order valence-electron chi connectivity index (χ3n) is 2.28. The second-order valence-corrected chi connectivity index (χ2v) is 3.45. The minimum absolute atomic E-state index is 0.174. The van der Waals surface area contributed by atoms with Gasteiger partial charge in [0, 0.05) is 6.20 Å². The molecule has 19 heavy (non-hydrogen) atoms. The number of methoxy groups -OCH3 is 2. The van der Waals surface area contributed by atoms with Crippen LogP contribution >= 0.6 is 0 Å². The monoisotopic (exact) mass is 277 g/mol. The largest absolute Gasteiger partial charge is 0.468 e. The van der Waals surface area contributed by atoms with Gasteiger partial charge in [-0.15, -0.1) is 0 Å². The molecule has 1 rings (SSSR count). The highest BCUT2D eigenvalue weighted by atomic mass is 19.4. The van der Waals surface area contributed by atoms with Crippen molar-refractivity contribution >= 4 is 11.9 Å². The first-order valence-electron chi connectivity index (χ1n) is 5.00. The van der Waals surface area contributed by atoms with Gasteiger partial charge in [0.25, 0.3) is 0 Å². The van der Waals surface area contributed by atoms with Crippen LogP contribution in [0, 0.1) is 0 Å². The summed E-state index contributed by atoms with van der Waals surface area (Å²) in [5.41, 5.74) is -1.16. The Labute approximate surface area is 106 Å². The summed E-state index contributed by atoms with van der Waals surface area (Å²) in [7, 11) is 2.09. The fourth-order valence-electron chi connectivity index (χ4n) is 1.32.